The van der Waals surface area contributed by atoms with Gasteiger partial charge in [0.25, 0.3) is 5.91 Å². The van der Waals surface area contributed by atoms with Crippen LogP contribution in [0, 0.1) is 0 Å². The fourth-order valence-corrected chi connectivity index (χ4v) is 3.70. The van der Waals surface area contributed by atoms with E-state index in [2.05, 4.69) is 26.3 Å². The highest BCUT2D eigenvalue weighted by atomic mass is 16.2. The molecule has 0 spiro atoms. The highest BCUT2D eigenvalue weighted by Gasteiger charge is 2.32. The van der Waals surface area contributed by atoms with E-state index in [0.717, 1.165) is 11.1 Å². The lowest BCUT2D eigenvalue weighted by Crippen LogP contribution is -2.51. The number of pyridine rings is 1. The van der Waals surface area contributed by atoms with Gasteiger partial charge in [0.2, 0.25) is 5.91 Å². The van der Waals surface area contributed by atoms with Crippen molar-refractivity contribution in [3.8, 4) is 0 Å². The number of rotatable bonds is 6. The summed E-state index contributed by atoms with van der Waals surface area (Å²) < 4.78 is 0. The Balaban J connectivity index is 1.60. The average molecular weight is 413 g/mol. The first-order chi connectivity index (χ1) is 15.2. The van der Waals surface area contributed by atoms with E-state index in [0.29, 0.717) is 19.4 Å². The molecule has 31 heavy (non-hydrogen) atoms. The summed E-state index contributed by atoms with van der Waals surface area (Å²) in [4.78, 5) is 40.5. The second-order valence-electron chi connectivity index (χ2n) is 7.31. The zero-order valence-corrected chi connectivity index (χ0v) is 17.0. The molecule has 1 N–H and O–H groups in total. The fraction of sp³-hybridized carbons (Fsp3) is 0.208. The number of hydrogen-bond acceptors (Lipinski definition) is 5. The minimum Gasteiger partial charge on any atom is -0.339 e. The van der Waals surface area contributed by atoms with Crippen LogP contribution < -0.4 is 5.32 Å². The first-order valence-corrected chi connectivity index (χ1v) is 10.2. The molecule has 1 aliphatic rings. The van der Waals surface area contributed by atoms with Gasteiger partial charge >= 0.3 is 0 Å². The number of carbonyl (C=O) groups excluding carboxylic acids is 2. The normalized spacial score (nSPS) is 16.5. The highest BCUT2D eigenvalue weighted by molar-refractivity contribution is 5.96. The van der Waals surface area contributed by atoms with Gasteiger partial charge in [0, 0.05) is 37.8 Å². The summed E-state index contributed by atoms with van der Waals surface area (Å²) >= 11 is 0. The minimum atomic E-state index is -0.734. The summed E-state index contributed by atoms with van der Waals surface area (Å²) in [6.07, 6.45) is 13.0. The highest BCUT2D eigenvalue weighted by Crippen LogP contribution is 2.28. The molecule has 0 aliphatic carbocycles. The van der Waals surface area contributed by atoms with Crippen molar-refractivity contribution in [2.75, 3.05) is 6.54 Å². The van der Waals surface area contributed by atoms with Crippen LogP contribution in [0.4, 0.5) is 0 Å². The Hall–Kier alpha value is -3.87. The second kappa shape index (κ2) is 9.75. The molecule has 7 heteroatoms. The lowest BCUT2D eigenvalue weighted by atomic mass is 9.97. The van der Waals surface area contributed by atoms with Crippen LogP contribution in [-0.2, 0) is 11.2 Å². The number of nitrogens with one attached hydrogen (secondary N) is 1. The van der Waals surface area contributed by atoms with Gasteiger partial charge in [0.15, 0.2) is 0 Å². The molecule has 0 fully saturated rings. The van der Waals surface area contributed by atoms with Crippen molar-refractivity contribution in [3.63, 3.8) is 0 Å². The molecule has 3 aromatic rings. The number of benzene rings is 1. The SMILES string of the molecule is O=C(N[C@@H](Cc1ccccc1)C(=O)N1CC=CCC1c1cccnc1)c1cnccn1. The summed E-state index contributed by atoms with van der Waals surface area (Å²) in [5.74, 6) is -0.563. The van der Waals surface area contributed by atoms with Crippen LogP contribution in [0.25, 0.3) is 0 Å². The summed E-state index contributed by atoms with van der Waals surface area (Å²) in [7, 11) is 0. The maximum atomic E-state index is 13.7. The van der Waals surface area contributed by atoms with Gasteiger partial charge in [-0.2, -0.15) is 0 Å². The van der Waals surface area contributed by atoms with Crippen LogP contribution in [0.3, 0.4) is 0 Å². The molecule has 3 heterocycles. The van der Waals surface area contributed by atoms with E-state index >= 15 is 0 Å². The molecule has 1 aliphatic heterocycles. The Bertz CT molecular complexity index is 1040. The molecule has 0 radical (unpaired) electrons. The van der Waals surface area contributed by atoms with E-state index in [1.165, 1.54) is 18.6 Å². The van der Waals surface area contributed by atoms with Crippen molar-refractivity contribution >= 4 is 11.8 Å². The maximum Gasteiger partial charge on any atom is 0.272 e. The van der Waals surface area contributed by atoms with Gasteiger partial charge in [0.1, 0.15) is 11.7 Å². The topological polar surface area (TPSA) is 88.1 Å². The Morgan fingerprint density at radius 2 is 1.84 bits per heavy atom. The molecule has 2 atom stereocenters. The van der Waals surface area contributed by atoms with Gasteiger partial charge in [-0.25, -0.2) is 4.98 Å². The molecule has 2 aromatic heterocycles. The number of carbonyl (C=O) groups is 2. The van der Waals surface area contributed by atoms with Crippen LogP contribution in [0.2, 0.25) is 0 Å². The first-order valence-electron chi connectivity index (χ1n) is 10.2. The van der Waals surface area contributed by atoms with Gasteiger partial charge in [-0.05, 0) is 23.6 Å². The van der Waals surface area contributed by atoms with E-state index in [4.69, 9.17) is 0 Å². The number of aromatic nitrogens is 3. The number of hydrogen-bond donors (Lipinski definition) is 1. The summed E-state index contributed by atoms with van der Waals surface area (Å²) in [6, 6.07) is 12.6. The first kappa shape index (κ1) is 20.4. The predicted octanol–water partition coefficient (Wildman–Crippen LogP) is 2.74. The van der Waals surface area contributed by atoms with Crippen LogP contribution >= 0.6 is 0 Å². The average Bonchev–Trinajstić information content (AvgIpc) is 2.85. The molecular formula is C24H23N5O2. The molecule has 7 nitrogen and oxygen atoms in total. The van der Waals surface area contributed by atoms with E-state index < -0.39 is 11.9 Å². The number of nitrogens with zero attached hydrogens (tertiary/aromatic N) is 4. The fourth-order valence-electron chi connectivity index (χ4n) is 3.70. The summed E-state index contributed by atoms with van der Waals surface area (Å²) in [6.45, 7) is 0.477. The van der Waals surface area contributed by atoms with Gasteiger partial charge in [-0.3, -0.25) is 19.6 Å². The molecule has 0 saturated carbocycles. The summed E-state index contributed by atoms with van der Waals surface area (Å²) in [5, 5.41) is 2.88. The monoisotopic (exact) mass is 413 g/mol. The Morgan fingerprint density at radius 1 is 1.00 bits per heavy atom. The van der Waals surface area contributed by atoms with Gasteiger partial charge in [-0.15, -0.1) is 0 Å². The van der Waals surface area contributed by atoms with E-state index in [1.807, 2.05) is 53.4 Å². The van der Waals surface area contributed by atoms with E-state index in [-0.39, 0.29) is 17.6 Å². The third kappa shape index (κ3) is 5.01. The number of amides is 2. The standard InChI is InChI=1S/C24H23N5O2/c30-23(21-17-26-12-13-27-21)28-20(15-18-7-2-1-3-8-18)24(31)29-14-5-4-10-22(29)19-9-6-11-25-16-19/h1-9,11-13,16-17,20,22H,10,14-15H2,(H,28,30)/t20-,22?/m0/s1. The van der Waals surface area contributed by atoms with Crippen molar-refractivity contribution in [1.82, 2.24) is 25.2 Å². The van der Waals surface area contributed by atoms with Crippen molar-refractivity contribution in [3.05, 3.63) is 102 Å². The third-order valence-electron chi connectivity index (χ3n) is 5.24. The molecule has 4 rings (SSSR count). The van der Waals surface area contributed by atoms with Crippen molar-refractivity contribution < 1.29 is 9.59 Å². The predicted molar refractivity (Wildman–Crippen MR) is 116 cm³/mol. The van der Waals surface area contributed by atoms with Gasteiger partial charge < -0.3 is 10.2 Å². The second-order valence-corrected chi connectivity index (χ2v) is 7.31. The van der Waals surface area contributed by atoms with Gasteiger partial charge in [-0.1, -0.05) is 48.6 Å². The van der Waals surface area contributed by atoms with Gasteiger partial charge in [0.05, 0.1) is 12.2 Å². The molecule has 0 saturated heterocycles. The minimum absolute atomic E-state index is 0.127. The maximum absolute atomic E-state index is 13.7. The quantitative estimate of drug-likeness (QED) is 0.628. The lowest BCUT2D eigenvalue weighted by Gasteiger charge is -2.36. The third-order valence-corrected chi connectivity index (χ3v) is 5.24. The van der Waals surface area contributed by atoms with E-state index in [1.54, 1.807) is 12.4 Å². The van der Waals surface area contributed by atoms with Crippen molar-refractivity contribution in [1.29, 1.82) is 0 Å². The Morgan fingerprint density at radius 3 is 2.58 bits per heavy atom. The zero-order valence-electron chi connectivity index (χ0n) is 17.0. The van der Waals surface area contributed by atoms with Crippen molar-refractivity contribution in [2.45, 2.75) is 24.9 Å². The Labute approximate surface area is 180 Å². The lowest BCUT2D eigenvalue weighted by molar-refractivity contribution is -0.135. The zero-order chi connectivity index (χ0) is 21.5. The van der Waals surface area contributed by atoms with Crippen LogP contribution in [-0.4, -0.2) is 44.3 Å². The van der Waals surface area contributed by atoms with E-state index in [9.17, 15) is 9.59 Å². The molecule has 1 unspecified atom stereocenters. The van der Waals surface area contributed by atoms with Crippen LogP contribution in [0.15, 0.2) is 85.6 Å². The molecule has 156 valence electrons. The molecule has 1 aromatic carbocycles. The van der Waals surface area contributed by atoms with Crippen LogP contribution in [0.5, 0.6) is 0 Å². The van der Waals surface area contributed by atoms with Crippen molar-refractivity contribution in [2.24, 2.45) is 0 Å². The smallest absolute Gasteiger partial charge is 0.272 e. The molecular weight excluding hydrogens is 390 g/mol. The molecule has 0 bridgehead atoms. The Kier molecular flexibility index (Phi) is 6.42. The summed E-state index contributed by atoms with van der Waals surface area (Å²) in [5.41, 5.74) is 2.11. The van der Waals surface area contributed by atoms with Crippen LogP contribution in [0.1, 0.15) is 34.1 Å². The molecule has 2 amide bonds. The largest absolute Gasteiger partial charge is 0.339 e.